The summed E-state index contributed by atoms with van der Waals surface area (Å²) in [4.78, 5) is 25.1. The van der Waals surface area contributed by atoms with Gasteiger partial charge in [-0.15, -0.1) is 0 Å². The maximum absolute atomic E-state index is 13.0. The van der Waals surface area contributed by atoms with E-state index in [1.54, 1.807) is 17.0 Å². The number of carbonyl (C=O) groups excluding carboxylic acids is 1. The lowest BCUT2D eigenvalue weighted by atomic mass is 9.96. The van der Waals surface area contributed by atoms with Crippen molar-refractivity contribution in [2.24, 2.45) is 11.8 Å². The van der Waals surface area contributed by atoms with Gasteiger partial charge in [0.25, 0.3) is 0 Å². The zero-order chi connectivity index (χ0) is 17.7. The molecule has 1 saturated heterocycles. The molecular formula is C18H25FN2O3. The first-order valence-corrected chi connectivity index (χ1v) is 8.39. The highest BCUT2D eigenvalue weighted by atomic mass is 19.1. The Labute approximate surface area is 141 Å². The molecule has 1 aromatic rings. The number of aliphatic carboxylic acids is 1. The molecule has 1 heterocycles. The fourth-order valence-corrected chi connectivity index (χ4v) is 2.91. The van der Waals surface area contributed by atoms with Crippen LogP contribution in [-0.2, 0) is 11.2 Å². The van der Waals surface area contributed by atoms with Crippen LogP contribution < -0.4 is 5.32 Å². The number of halogens is 1. The van der Waals surface area contributed by atoms with Gasteiger partial charge < -0.3 is 15.3 Å². The number of carboxylic acids is 1. The van der Waals surface area contributed by atoms with Crippen LogP contribution in [0.5, 0.6) is 0 Å². The number of nitrogens with one attached hydrogen (secondary N) is 1. The molecule has 2 rings (SSSR count). The zero-order valence-corrected chi connectivity index (χ0v) is 14.2. The second kappa shape index (κ2) is 8.13. The molecule has 2 amide bonds. The Morgan fingerprint density at radius 1 is 1.25 bits per heavy atom. The lowest BCUT2D eigenvalue weighted by molar-refractivity contribution is -0.143. The van der Waals surface area contributed by atoms with Crippen LogP contribution in [0.4, 0.5) is 9.18 Å². The second-order valence-corrected chi connectivity index (χ2v) is 6.73. The van der Waals surface area contributed by atoms with E-state index >= 15 is 0 Å². The molecule has 1 unspecified atom stereocenters. The van der Waals surface area contributed by atoms with E-state index in [0.717, 1.165) is 5.56 Å². The van der Waals surface area contributed by atoms with Gasteiger partial charge in [-0.25, -0.2) is 9.18 Å². The number of carbonyl (C=O) groups is 2. The first-order chi connectivity index (χ1) is 11.4. The number of hydrogen-bond donors (Lipinski definition) is 2. The Morgan fingerprint density at radius 3 is 2.33 bits per heavy atom. The smallest absolute Gasteiger partial charge is 0.317 e. The summed E-state index contributed by atoms with van der Waals surface area (Å²) in [5, 5.41) is 12.1. The van der Waals surface area contributed by atoms with Crippen molar-refractivity contribution in [1.29, 1.82) is 0 Å². The van der Waals surface area contributed by atoms with Gasteiger partial charge >= 0.3 is 12.0 Å². The molecule has 0 aliphatic carbocycles. The van der Waals surface area contributed by atoms with Crippen molar-refractivity contribution in [3.05, 3.63) is 35.6 Å². The molecule has 1 atom stereocenters. The van der Waals surface area contributed by atoms with Gasteiger partial charge in [0, 0.05) is 19.1 Å². The van der Waals surface area contributed by atoms with Crippen LogP contribution in [-0.4, -0.2) is 41.1 Å². The number of amides is 2. The molecule has 24 heavy (non-hydrogen) atoms. The van der Waals surface area contributed by atoms with Gasteiger partial charge in [0.15, 0.2) is 0 Å². The SMILES string of the molecule is CC(C)C(Cc1ccc(F)cc1)NC(=O)N1CCC(C(=O)O)CC1. The number of piperidine rings is 1. The molecule has 1 aliphatic rings. The Kier molecular flexibility index (Phi) is 6.17. The minimum atomic E-state index is -0.786. The molecule has 2 N–H and O–H groups in total. The second-order valence-electron chi connectivity index (χ2n) is 6.73. The average Bonchev–Trinajstić information content (AvgIpc) is 2.56. The molecule has 1 aromatic carbocycles. The van der Waals surface area contributed by atoms with Crippen LogP contribution in [0, 0.1) is 17.7 Å². The van der Waals surface area contributed by atoms with Gasteiger partial charge in [0.05, 0.1) is 5.92 Å². The minimum absolute atomic E-state index is 0.0554. The lowest BCUT2D eigenvalue weighted by Gasteiger charge is -2.32. The first kappa shape index (κ1) is 18.2. The normalized spacial score (nSPS) is 16.9. The number of urea groups is 1. The third kappa shape index (κ3) is 4.94. The molecule has 0 radical (unpaired) electrons. The van der Waals surface area contributed by atoms with Gasteiger partial charge in [-0.1, -0.05) is 26.0 Å². The van der Waals surface area contributed by atoms with Gasteiger partial charge in [0.1, 0.15) is 5.82 Å². The molecule has 0 spiro atoms. The maximum Gasteiger partial charge on any atom is 0.317 e. The molecule has 0 saturated carbocycles. The number of carboxylic acid groups (broad SMARTS) is 1. The molecule has 5 nitrogen and oxygen atoms in total. The average molecular weight is 336 g/mol. The predicted molar refractivity (Wildman–Crippen MR) is 89.2 cm³/mol. The standard InChI is InChI=1S/C18H25FN2O3/c1-12(2)16(11-13-3-5-15(19)6-4-13)20-18(24)21-9-7-14(8-10-21)17(22)23/h3-6,12,14,16H,7-11H2,1-2H3,(H,20,24)(H,22,23). The Bertz CT molecular complexity index is 566. The highest BCUT2D eigenvalue weighted by molar-refractivity contribution is 5.75. The predicted octanol–water partition coefficient (Wildman–Crippen LogP) is 2.90. The summed E-state index contributed by atoms with van der Waals surface area (Å²) in [7, 11) is 0. The molecule has 6 heteroatoms. The summed E-state index contributed by atoms with van der Waals surface area (Å²) in [6.07, 6.45) is 1.62. The monoisotopic (exact) mass is 336 g/mol. The van der Waals surface area contributed by atoms with Gasteiger partial charge in [-0.3, -0.25) is 4.79 Å². The van der Waals surface area contributed by atoms with Crippen molar-refractivity contribution >= 4 is 12.0 Å². The number of likely N-dealkylation sites (tertiary alicyclic amines) is 1. The summed E-state index contributed by atoms with van der Waals surface area (Å²) in [6.45, 7) is 4.99. The van der Waals surface area contributed by atoms with E-state index < -0.39 is 5.97 Å². The number of hydrogen-bond acceptors (Lipinski definition) is 2. The van der Waals surface area contributed by atoms with Crippen molar-refractivity contribution in [2.75, 3.05) is 13.1 Å². The van der Waals surface area contributed by atoms with E-state index in [1.807, 2.05) is 13.8 Å². The van der Waals surface area contributed by atoms with Crippen molar-refractivity contribution in [1.82, 2.24) is 10.2 Å². The maximum atomic E-state index is 13.0. The summed E-state index contributed by atoms with van der Waals surface area (Å²) in [6, 6.07) is 6.10. The topological polar surface area (TPSA) is 69.6 Å². The Hall–Kier alpha value is -2.11. The molecule has 1 fully saturated rings. The quantitative estimate of drug-likeness (QED) is 0.869. The van der Waals surface area contributed by atoms with Gasteiger partial charge in [0.2, 0.25) is 0 Å². The number of nitrogens with zero attached hydrogens (tertiary/aromatic N) is 1. The van der Waals surface area contributed by atoms with Crippen LogP contribution in [0.25, 0.3) is 0 Å². The van der Waals surface area contributed by atoms with Crippen molar-refractivity contribution in [3.8, 4) is 0 Å². The van der Waals surface area contributed by atoms with Crippen LogP contribution in [0.2, 0.25) is 0 Å². The van der Waals surface area contributed by atoms with E-state index in [-0.39, 0.29) is 29.7 Å². The summed E-state index contributed by atoms with van der Waals surface area (Å²) < 4.78 is 13.0. The van der Waals surface area contributed by atoms with E-state index in [2.05, 4.69) is 5.32 Å². The highest BCUT2D eigenvalue weighted by Crippen LogP contribution is 2.18. The molecule has 0 bridgehead atoms. The van der Waals surface area contributed by atoms with Crippen LogP contribution in [0.1, 0.15) is 32.3 Å². The Morgan fingerprint density at radius 2 is 1.83 bits per heavy atom. The van der Waals surface area contributed by atoms with Crippen LogP contribution in [0.3, 0.4) is 0 Å². The van der Waals surface area contributed by atoms with Gasteiger partial charge in [-0.05, 0) is 42.9 Å². The summed E-state index contributed by atoms with van der Waals surface area (Å²) >= 11 is 0. The fraction of sp³-hybridized carbons (Fsp3) is 0.556. The van der Waals surface area contributed by atoms with Crippen molar-refractivity contribution in [2.45, 2.75) is 39.2 Å². The lowest BCUT2D eigenvalue weighted by Crippen LogP contribution is -2.50. The Balaban J connectivity index is 1.91. The summed E-state index contributed by atoms with van der Waals surface area (Å²) in [5.41, 5.74) is 0.972. The molecular weight excluding hydrogens is 311 g/mol. The van der Waals surface area contributed by atoms with E-state index in [0.29, 0.717) is 32.4 Å². The van der Waals surface area contributed by atoms with Crippen molar-refractivity contribution in [3.63, 3.8) is 0 Å². The van der Waals surface area contributed by atoms with Crippen LogP contribution in [0.15, 0.2) is 24.3 Å². The molecule has 1 aliphatic heterocycles. The minimum Gasteiger partial charge on any atom is -0.481 e. The third-order valence-corrected chi connectivity index (χ3v) is 4.61. The zero-order valence-electron chi connectivity index (χ0n) is 14.2. The van der Waals surface area contributed by atoms with Gasteiger partial charge in [-0.2, -0.15) is 0 Å². The fourth-order valence-electron chi connectivity index (χ4n) is 2.91. The molecule has 132 valence electrons. The van der Waals surface area contributed by atoms with Crippen LogP contribution >= 0.6 is 0 Å². The summed E-state index contributed by atoms with van der Waals surface area (Å²) in [5.74, 6) is -1.18. The largest absolute Gasteiger partial charge is 0.481 e. The number of rotatable bonds is 5. The highest BCUT2D eigenvalue weighted by Gasteiger charge is 2.28. The van der Waals surface area contributed by atoms with E-state index in [1.165, 1.54) is 12.1 Å². The molecule has 0 aromatic heterocycles. The van der Waals surface area contributed by atoms with E-state index in [4.69, 9.17) is 5.11 Å². The van der Waals surface area contributed by atoms with Crippen molar-refractivity contribution < 1.29 is 19.1 Å². The first-order valence-electron chi connectivity index (χ1n) is 8.39. The third-order valence-electron chi connectivity index (χ3n) is 4.61. The number of benzene rings is 1. The van der Waals surface area contributed by atoms with E-state index in [9.17, 15) is 14.0 Å².